The number of rotatable bonds is 2. The summed E-state index contributed by atoms with van der Waals surface area (Å²) in [6, 6.07) is 1.59. The second kappa shape index (κ2) is 5.26. The standard InChI is InChI=1S/C9H11Br2NO3S2/c10-8-4-7(9(11)16-8)17(14,15)12-3-1-2-6(13)5-12/h4,6,13H,1-3,5H2/t6-/m0/s1. The molecule has 1 fully saturated rings. The highest BCUT2D eigenvalue weighted by Gasteiger charge is 2.31. The molecule has 0 saturated carbocycles. The topological polar surface area (TPSA) is 57.6 Å². The highest BCUT2D eigenvalue weighted by molar-refractivity contribution is 9.12. The van der Waals surface area contributed by atoms with Gasteiger partial charge in [0.1, 0.15) is 4.90 Å². The molecule has 1 aliphatic heterocycles. The summed E-state index contributed by atoms with van der Waals surface area (Å²) < 4.78 is 27.4. The monoisotopic (exact) mass is 403 g/mol. The molecule has 2 rings (SSSR count). The zero-order valence-electron chi connectivity index (χ0n) is 8.77. The second-order valence-corrected chi connectivity index (χ2v) is 9.50. The Labute approximate surface area is 121 Å². The van der Waals surface area contributed by atoms with Crippen LogP contribution in [-0.4, -0.2) is 37.0 Å². The first-order chi connectivity index (χ1) is 7.91. The maximum atomic E-state index is 12.3. The van der Waals surface area contributed by atoms with Gasteiger partial charge in [-0.3, -0.25) is 0 Å². The molecule has 1 N–H and O–H groups in total. The highest BCUT2D eigenvalue weighted by atomic mass is 79.9. The molecule has 17 heavy (non-hydrogen) atoms. The summed E-state index contributed by atoms with van der Waals surface area (Å²) in [6.07, 6.45) is 0.809. The number of thiophene rings is 1. The summed E-state index contributed by atoms with van der Waals surface area (Å²) in [5, 5.41) is 9.54. The predicted molar refractivity (Wildman–Crippen MR) is 73.7 cm³/mol. The zero-order valence-corrected chi connectivity index (χ0v) is 13.6. The Hall–Kier alpha value is 0.530. The lowest BCUT2D eigenvalue weighted by Crippen LogP contribution is -2.42. The van der Waals surface area contributed by atoms with Crippen LogP contribution >= 0.6 is 43.2 Å². The van der Waals surface area contributed by atoms with E-state index < -0.39 is 16.1 Å². The van der Waals surface area contributed by atoms with E-state index in [1.165, 1.54) is 15.6 Å². The first-order valence-electron chi connectivity index (χ1n) is 5.04. The van der Waals surface area contributed by atoms with Gasteiger partial charge in [-0.05, 0) is 50.8 Å². The van der Waals surface area contributed by atoms with E-state index in [4.69, 9.17) is 0 Å². The summed E-state index contributed by atoms with van der Waals surface area (Å²) in [5.41, 5.74) is 0. The molecule has 0 aliphatic carbocycles. The van der Waals surface area contributed by atoms with Crippen LogP contribution in [0.2, 0.25) is 0 Å². The SMILES string of the molecule is O=S(=O)(c1cc(Br)sc1Br)N1CCC[C@H](O)C1. The number of aliphatic hydroxyl groups excluding tert-OH is 1. The molecule has 0 radical (unpaired) electrons. The summed E-state index contributed by atoms with van der Waals surface area (Å²) in [7, 11) is -3.50. The van der Waals surface area contributed by atoms with Gasteiger partial charge in [-0.1, -0.05) is 0 Å². The molecule has 4 nitrogen and oxygen atoms in total. The van der Waals surface area contributed by atoms with Crippen molar-refractivity contribution in [1.29, 1.82) is 0 Å². The first-order valence-corrected chi connectivity index (χ1v) is 8.88. The molecule has 1 aliphatic rings. The molecule has 0 bridgehead atoms. The van der Waals surface area contributed by atoms with Crippen molar-refractivity contribution in [3.8, 4) is 0 Å². The van der Waals surface area contributed by atoms with Gasteiger partial charge < -0.3 is 5.11 Å². The second-order valence-electron chi connectivity index (χ2n) is 3.85. The lowest BCUT2D eigenvalue weighted by molar-refractivity contribution is 0.108. The molecule has 0 aromatic carbocycles. The minimum atomic E-state index is -3.50. The van der Waals surface area contributed by atoms with Crippen LogP contribution in [0.4, 0.5) is 0 Å². The van der Waals surface area contributed by atoms with Crippen molar-refractivity contribution in [3.05, 3.63) is 13.6 Å². The van der Waals surface area contributed by atoms with Crippen LogP contribution in [0.5, 0.6) is 0 Å². The molecule has 8 heteroatoms. The Morgan fingerprint density at radius 2 is 2.18 bits per heavy atom. The summed E-state index contributed by atoms with van der Waals surface area (Å²) >= 11 is 7.85. The van der Waals surface area contributed by atoms with E-state index in [2.05, 4.69) is 31.9 Å². The number of sulfonamides is 1. The third-order valence-corrected chi connectivity index (χ3v) is 7.22. The molecule has 0 unspecified atom stereocenters. The van der Waals surface area contributed by atoms with Crippen LogP contribution in [0, 0.1) is 0 Å². The molecule has 1 aromatic rings. The van der Waals surface area contributed by atoms with Crippen molar-refractivity contribution < 1.29 is 13.5 Å². The van der Waals surface area contributed by atoms with Crippen molar-refractivity contribution >= 4 is 53.2 Å². The van der Waals surface area contributed by atoms with E-state index in [0.29, 0.717) is 23.2 Å². The van der Waals surface area contributed by atoms with E-state index >= 15 is 0 Å². The van der Waals surface area contributed by atoms with Gasteiger partial charge in [0.2, 0.25) is 10.0 Å². The maximum Gasteiger partial charge on any atom is 0.245 e. The Kier molecular flexibility index (Phi) is 4.32. The fraction of sp³-hybridized carbons (Fsp3) is 0.556. The largest absolute Gasteiger partial charge is 0.392 e. The molecule has 0 spiro atoms. The van der Waals surface area contributed by atoms with Crippen molar-refractivity contribution in [2.75, 3.05) is 13.1 Å². The van der Waals surface area contributed by atoms with Gasteiger partial charge in [-0.2, -0.15) is 4.31 Å². The number of β-amino-alcohol motifs (C(OH)–C–C–N with tert-alkyl or cyclic N) is 1. The smallest absolute Gasteiger partial charge is 0.245 e. The van der Waals surface area contributed by atoms with Crippen molar-refractivity contribution in [2.24, 2.45) is 0 Å². The van der Waals surface area contributed by atoms with Gasteiger partial charge in [0.15, 0.2) is 0 Å². The number of nitrogens with zero attached hydrogens (tertiary/aromatic N) is 1. The van der Waals surface area contributed by atoms with E-state index in [1.807, 2.05) is 0 Å². The van der Waals surface area contributed by atoms with Gasteiger partial charge in [-0.25, -0.2) is 8.42 Å². The zero-order chi connectivity index (χ0) is 12.6. The molecular weight excluding hydrogens is 394 g/mol. The average Bonchev–Trinajstić information content (AvgIpc) is 2.58. The Bertz CT molecular complexity index is 514. The quantitative estimate of drug-likeness (QED) is 0.823. The number of piperidine rings is 1. The van der Waals surface area contributed by atoms with Gasteiger partial charge >= 0.3 is 0 Å². The number of halogens is 2. The van der Waals surface area contributed by atoms with Crippen LogP contribution in [0.1, 0.15) is 12.8 Å². The average molecular weight is 405 g/mol. The molecule has 1 aromatic heterocycles. The minimum absolute atomic E-state index is 0.183. The predicted octanol–water partition coefficient (Wildman–Crippen LogP) is 2.42. The van der Waals surface area contributed by atoms with E-state index in [9.17, 15) is 13.5 Å². The van der Waals surface area contributed by atoms with Crippen LogP contribution in [-0.2, 0) is 10.0 Å². The third kappa shape index (κ3) is 2.93. The Balaban J connectivity index is 2.33. The summed E-state index contributed by atoms with van der Waals surface area (Å²) in [4.78, 5) is 0.267. The molecule has 0 amide bonds. The molecule has 2 heterocycles. The van der Waals surface area contributed by atoms with Crippen LogP contribution in [0.15, 0.2) is 18.5 Å². The van der Waals surface area contributed by atoms with Gasteiger partial charge in [0, 0.05) is 13.1 Å². The van der Waals surface area contributed by atoms with Crippen LogP contribution in [0.25, 0.3) is 0 Å². The van der Waals surface area contributed by atoms with Crippen LogP contribution < -0.4 is 0 Å². The Morgan fingerprint density at radius 1 is 1.47 bits per heavy atom. The van der Waals surface area contributed by atoms with Crippen molar-refractivity contribution in [3.63, 3.8) is 0 Å². The third-order valence-electron chi connectivity index (χ3n) is 2.60. The lowest BCUT2D eigenvalue weighted by atomic mass is 10.1. The fourth-order valence-corrected chi connectivity index (χ4v) is 7.06. The number of hydrogen-bond donors (Lipinski definition) is 1. The van der Waals surface area contributed by atoms with Crippen molar-refractivity contribution in [2.45, 2.75) is 23.8 Å². The summed E-state index contributed by atoms with van der Waals surface area (Å²) in [6.45, 7) is 0.654. The Morgan fingerprint density at radius 3 is 2.71 bits per heavy atom. The summed E-state index contributed by atoms with van der Waals surface area (Å²) in [5.74, 6) is 0. The number of aliphatic hydroxyl groups is 1. The van der Waals surface area contributed by atoms with Gasteiger partial charge in [0.25, 0.3) is 0 Å². The normalized spacial score (nSPS) is 22.9. The van der Waals surface area contributed by atoms with E-state index in [-0.39, 0.29) is 11.4 Å². The number of hydrogen-bond acceptors (Lipinski definition) is 4. The first kappa shape index (κ1) is 14.0. The van der Waals surface area contributed by atoms with Gasteiger partial charge in [0.05, 0.1) is 13.7 Å². The molecule has 1 atom stereocenters. The molecular formula is C9H11Br2NO3S2. The molecule has 96 valence electrons. The van der Waals surface area contributed by atoms with Gasteiger partial charge in [-0.15, -0.1) is 11.3 Å². The van der Waals surface area contributed by atoms with Crippen molar-refractivity contribution in [1.82, 2.24) is 4.31 Å². The maximum absolute atomic E-state index is 12.3. The molecule has 1 saturated heterocycles. The van der Waals surface area contributed by atoms with E-state index in [1.54, 1.807) is 6.07 Å². The fourth-order valence-electron chi connectivity index (χ4n) is 1.78. The van der Waals surface area contributed by atoms with Crippen LogP contribution in [0.3, 0.4) is 0 Å². The highest BCUT2D eigenvalue weighted by Crippen LogP contribution is 2.36. The van der Waals surface area contributed by atoms with E-state index in [0.717, 1.165) is 3.79 Å². The lowest BCUT2D eigenvalue weighted by Gasteiger charge is -2.28. The minimum Gasteiger partial charge on any atom is -0.392 e.